The van der Waals surface area contributed by atoms with E-state index in [1.807, 2.05) is 30.3 Å². The predicted octanol–water partition coefficient (Wildman–Crippen LogP) is 4.77. The molecule has 3 aromatic heterocycles. The number of aromatic nitrogens is 5. The largest absolute Gasteiger partial charge is 0.438 e. The molecule has 1 amide bonds. The molecule has 0 spiro atoms. The molecule has 0 atom stereocenters. The van der Waals surface area contributed by atoms with Gasteiger partial charge in [0.05, 0.1) is 15.9 Å². The second kappa shape index (κ2) is 9.25. The van der Waals surface area contributed by atoms with Gasteiger partial charge in [0.25, 0.3) is 0 Å². The van der Waals surface area contributed by atoms with Crippen molar-refractivity contribution in [3.05, 3.63) is 70.9 Å². The molecular weight excluding hydrogens is 523 g/mol. The van der Waals surface area contributed by atoms with Gasteiger partial charge >= 0.3 is 6.09 Å². The second-order valence-electron chi connectivity index (χ2n) is 9.45. The van der Waals surface area contributed by atoms with E-state index in [0.29, 0.717) is 40.7 Å². The molecule has 12 heteroatoms. The molecule has 10 nitrogen and oxygen atoms in total. The van der Waals surface area contributed by atoms with Gasteiger partial charge < -0.3 is 20.4 Å². The van der Waals surface area contributed by atoms with Crippen molar-refractivity contribution in [3.8, 4) is 17.2 Å². The van der Waals surface area contributed by atoms with Gasteiger partial charge in [-0.05, 0) is 12.1 Å². The number of H-pyrrole nitrogens is 1. The number of anilines is 1. The summed E-state index contributed by atoms with van der Waals surface area (Å²) in [5.74, 6) is -0.138. The van der Waals surface area contributed by atoms with Gasteiger partial charge in [-0.2, -0.15) is 15.3 Å². The number of nitrogens with zero attached hydrogens (tertiary/aromatic N) is 6. The highest BCUT2D eigenvalue weighted by Crippen LogP contribution is 2.41. The Balaban J connectivity index is 1.35. The second-order valence-corrected chi connectivity index (χ2v) is 9.83. The summed E-state index contributed by atoms with van der Waals surface area (Å²) in [6.45, 7) is 0.685. The third kappa shape index (κ3) is 4.09. The molecular formula is C27H22ClFN8O2. The van der Waals surface area contributed by atoms with Crippen molar-refractivity contribution >= 4 is 45.6 Å². The summed E-state index contributed by atoms with van der Waals surface area (Å²) >= 11 is 6.75. The molecule has 1 saturated heterocycles. The SMILES string of the molecule is Cn1cc2c(Cl)c(-c3c[nH]c4nc(N5CCC(OC(N)=O)(c6ccccc6F)CC5)nc(C#N)c34)ccc2n1. The maximum Gasteiger partial charge on any atom is 0.405 e. The Kier molecular flexibility index (Phi) is 5.84. The average molecular weight is 545 g/mol. The molecule has 1 aliphatic heterocycles. The number of aromatic amines is 1. The summed E-state index contributed by atoms with van der Waals surface area (Å²) in [5.41, 5.74) is 7.29. The zero-order valence-corrected chi connectivity index (χ0v) is 21.5. The van der Waals surface area contributed by atoms with E-state index in [4.69, 9.17) is 27.1 Å². The molecule has 0 saturated carbocycles. The number of primary amides is 1. The van der Waals surface area contributed by atoms with Gasteiger partial charge in [0.15, 0.2) is 5.69 Å². The number of carbonyl (C=O) groups excluding carboxylic acids is 1. The van der Waals surface area contributed by atoms with Crippen molar-refractivity contribution in [1.29, 1.82) is 5.26 Å². The number of rotatable bonds is 4. The topological polar surface area (TPSA) is 139 Å². The van der Waals surface area contributed by atoms with Crippen molar-refractivity contribution < 1.29 is 13.9 Å². The third-order valence-electron chi connectivity index (χ3n) is 7.17. The number of aryl methyl sites for hydroxylation is 1. The lowest BCUT2D eigenvalue weighted by molar-refractivity contribution is -0.00934. The van der Waals surface area contributed by atoms with Crippen LogP contribution in [0.1, 0.15) is 24.1 Å². The number of piperidine rings is 1. The molecule has 196 valence electrons. The minimum Gasteiger partial charge on any atom is -0.438 e. The number of hydrogen-bond acceptors (Lipinski definition) is 7. The van der Waals surface area contributed by atoms with E-state index in [-0.39, 0.29) is 24.1 Å². The molecule has 0 aliphatic carbocycles. The zero-order valence-electron chi connectivity index (χ0n) is 20.8. The van der Waals surface area contributed by atoms with Gasteiger partial charge in [-0.15, -0.1) is 0 Å². The van der Waals surface area contributed by atoms with E-state index in [1.165, 1.54) is 6.07 Å². The lowest BCUT2D eigenvalue weighted by Crippen LogP contribution is -2.47. The Bertz CT molecular complexity index is 1800. The van der Waals surface area contributed by atoms with Crippen LogP contribution < -0.4 is 10.6 Å². The number of carbonyl (C=O) groups is 1. The Morgan fingerprint density at radius 1 is 1.21 bits per heavy atom. The number of hydrogen-bond donors (Lipinski definition) is 2. The number of nitriles is 1. The van der Waals surface area contributed by atoms with Crippen molar-refractivity contribution in [1.82, 2.24) is 24.7 Å². The molecule has 3 N–H and O–H groups in total. The van der Waals surface area contributed by atoms with E-state index < -0.39 is 17.5 Å². The van der Waals surface area contributed by atoms with E-state index in [1.54, 1.807) is 29.1 Å². The minimum absolute atomic E-state index is 0.188. The number of halogens is 2. The minimum atomic E-state index is -1.21. The Hall–Kier alpha value is -4.69. The highest BCUT2D eigenvalue weighted by molar-refractivity contribution is 6.38. The van der Waals surface area contributed by atoms with Crippen molar-refractivity contribution in [2.24, 2.45) is 12.8 Å². The molecule has 5 aromatic rings. The maximum atomic E-state index is 14.7. The summed E-state index contributed by atoms with van der Waals surface area (Å²) < 4.78 is 21.9. The molecule has 1 fully saturated rings. The first-order valence-electron chi connectivity index (χ1n) is 12.2. The quantitative estimate of drug-likeness (QED) is 0.332. The van der Waals surface area contributed by atoms with Crippen LogP contribution in [-0.2, 0) is 17.4 Å². The number of amides is 1. The summed E-state index contributed by atoms with van der Waals surface area (Å²) in [5, 5.41) is 16.3. The number of nitrogens with one attached hydrogen (secondary N) is 1. The van der Waals surface area contributed by atoms with Crippen LogP contribution in [0.5, 0.6) is 0 Å². The Labute approximate surface area is 226 Å². The molecule has 4 heterocycles. The van der Waals surface area contributed by atoms with Crippen LogP contribution >= 0.6 is 11.6 Å². The summed E-state index contributed by atoms with van der Waals surface area (Å²) in [6, 6.07) is 12.1. The first-order valence-corrected chi connectivity index (χ1v) is 12.6. The lowest BCUT2D eigenvalue weighted by atomic mass is 9.83. The fraction of sp³-hybridized carbons (Fsp3) is 0.222. The number of fused-ring (bicyclic) bond motifs is 2. The van der Waals surface area contributed by atoms with Gasteiger partial charge in [-0.3, -0.25) is 4.68 Å². The Morgan fingerprint density at radius 3 is 2.69 bits per heavy atom. The standard InChI is InChI=1S/C27H22ClFN8O2/c1-36-14-17-20(35-36)7-6-15(23(17)28)16-13-32-24-22(16)21(12-30)33-26(34-24)37-10-8-27(9-11-37,39-25(31)38)18-4-2-3-5-19(18)29/h2-7,13-14H,8-11H2,1H3,(H2,31,38)(H,32,33,34). The van der Waals surface area contributed by atoms with Gasteiger partial charge in [0.2, 0.25) is 5.95 Å². The van der Waals surface area contributed by atoms with E-state index >= 15 is 0 Å². The predicted molar refractivity (Wildman–Crippen MR) is 144 cm³/mol. The van der Waals surface area contributed by atoms with Gasteiger partial charge in [-0.25, -0.2) is 14.2 Å². The molecule has 1 aliphatic rings. The van der Waals surface area contributed by atoms with Crippen LogP contribution in [0.15, 0.2) is 48.8 Å². The monoisotopic (exact) mass is 544 g/mol. The number of benzene rings is 2. The van der Waals surface area contributed by atoms with E-state index in [0.717, 1.165) is 16.5 Å². The van der Waals surface area contributed by atoms with Crippen LogP contribution in [0.3, 0.4) is 0 Å². The van der Waals surface area contributed by atoms with Gasteiger partial charge in [-0.1, -0.05) is 35.9 Å². The fourth-order valence-corrected chi connectivity index (χ4v) is 5.67. The molecule has 0 bridgehead atoms. The van der Waals surface area contributed by atoms with Gasteiger partial charge in [0.1, 0.15) is 23.1 Å². The van der Waals surface area contributed by atoms with Crippen LogP contribution in [0, 0.1) is 17.1 Å². The van der Waals surface area contributed by atoms with Crippen LogP contribution in [0.2, 0.25) is 5.02 Å². The summed E-state index contributed by atoms with van der Waals surface area (Å²) in [4.78, 5) is 26.0. The molecule has 0 unspecified atom stereocenters. The lowest BCUT2D eigenvalue weighted by Gasteiger charge is -2.41. The number of nitrogens with two attached hydrogens (primary N) is 1. The molecule has 2 aromatic carbocycles. The smallest absolute Gasteiger partial charge is 0.405 e. The average Bonchev–Trinajstić information content (AvgIpc) is 3.52. The van der Waals surface area contributed by atoms with Crippen LogP contribution in [-0.4, -0.2) is 43.9 Å². The summed E-state index contributed by atoms with van der Waals surface area (Å²) in [7, 11) is 1.83. The van der Waals surface area contributed by atoms with Crippen molar-refractivity contribution in [3.63, 3.8) is 0 Å². The highest BCUT2D eigenvalue weighted by atomic mass is 35.5. The first-order chi connectivity index (χ1) is 18.8. The van der Waals surface area contributed by atoms with Crippen molar-refractivity contribution in [2.75, 3.05) is 18.0 Å². The summed E-state index contributed by atoms with van der Waals surface area (Å²) in [6.07, 6.45) is 3.15. The Morgan fingerprint density at radius 2 is 1.97 bits per heavy atom. The van der Waals surface area contributed by atoms with Crippen LogP contribution in [0.25, 0.3) is 33.1 Å². The normalized spacial score (nSPS) is 15.0. The van der Waals surface area contributed by atoms with Gasteiger partial charge in [0, 0.05) is 67.4 Å². The first kappa shape index (κ1) is 24.6. The van der Waals surface area contributed by atoms with Crippen LogP contribution in [0.4, 0.5) is 15.1 Å². The molecule has 0 radical (unpaired) electrons. The van der Waals surface area contributed by atoms with Crippen molar-refractivity contribution in [2.45, 2.75) is 18.4 Å². The van der Waals surface area contributed by atoms with E-state index in [9.17, 15) is 14.4 Å². The maximum absolute atomic E-state index is 14.7. The molecule has 6 rings (SSSR count). The highest BCUT2D eigenvalue weighted by Gasteiger charge is 2.42. The fourth-order valence-electron chi connectivity index (χ4n) is 5.36. The van der Waals surface area contributed by atoms with E-state index in [2.05, 4.69) is 21.1 Å². The zero-order chi connectivity index (χ0) is 27.3. The molecule has 39 heavy (non-hydrogen) atoms. The number of ether oxygens (including phenoxy) is 1. The third-order valence-corrected chi connectivity index (χ3v) is 7.58.